The van der Waals surface area contributed by atoms with Gasteiger partial charge >= 0.3 is 6.03 Å². The highest BCUT2D eigenvalue weighted by Crippen LogP contribution is 2.30. The number of aryl methyl sites for hydroxylation is 2. The Hall–Kier alpha value is -1.78. The molecule has 0 saturated heterocycles. The van der Waals surface area contributed by atoms with Crippen molar-refractivity contribution in [2.24, 2.45) is 11.8 Å². The molecule has 3 N–H and O–H groups in total. The Morgan fingerprint density at radius 1 is 1.30 bits per heavy atom. The molecule has 0 radical (unpaired) electrons. The van der Waals surface area contributed by atoms with E-state index in [0.717, 1.165) is 17.7 Å². The summed E-state index contributed by atoms with van der Waals surface area (Å²) in [7, 11) is 0. The molecule has 128 valence electrons. The second-order valence-electron chi connectivity index (χ2n) is 7.07. The van der Waals surface area contributed by atoms with Crippen molar-refractivity contribution in [2.75, 3.05) is 0 Å². The summed E-state index contributed by atoms with van der Waals surface area (Å²) >= 11 is 0. The fourth-order valence-corrected chi connectivity index (χ4v) is 3.63. The smallest absolute Gasteiger partial charge is 0.315 e. The first-order valence-electron chi connectivity index (χ1n) is 8.62. The molecule has 0 spiro atoms. The third kappa shape index (κ3) is 4.60. The third-order valence-corrected chi connectivity index (χ3v) is 4.91. The highest BCUT2D eigenvalue weighted by atomic mass is 16.2. The van der Waals surface area contributed by atoms with Gasteiger partial charge < -0.3 is 15.6 Å². The Morgan fingerprint density at radius 2 is 2.00 bits per heavy atom. The molecule has 0 aliphatic heterocycles. The number of carbonyl (C=O) groups is 1. The van der Waals surface area contributed by atoms with E-state index >= 15 is 0 Å². The highest BCUT2D eigenvalue weighted by Gasteiger charge is 2.28. The molecule has 1 aromatic heterocycles. The molecule has 1 fully saturated rings. The topological polar surface area (TPSA) is 74.0 Å². The number of aromatic nitrogens is 1. The molecule has 0 aromatic carbocycles. The molecule has 1 aromatic rings. The molecular formula is C18H29N3O2. The van der Waals surface area contributed by atoms with E-state index in [2.05, 4.69) is 29.5 Å². The van der Waals surface area contributed by atoms with Crippen molar-refractivity contribution in [3.05, 3.63) is 33.2 Å². The number of pyridine rings is 1. The molecule has 0 bridgehead atoms. The number of aromatic amines is 1. The number of carbonyl (C=O) groups excluding carboxylic acids is 1. The lowest BCUT2D eigenvalue weighted by Gasteiger charge is -2.34. The lowest BCUT2D eigenvalue weighted by molar-refractivity contribution is 0.194. The minimum atomic E-state index is -0.179. The summed E-state index contributed by atoms with van der Waals surface area (Å²) in [6, 6.07) is 1.98. The van der Waals surface area contributed by atoms with E-state index in [1.54, 1.807) is 0 Å². The fourth-order valence-electron chi connectivity index (χ4n) is 3.63. The average Bonchev–Trinajstić information content (AvgIpc) is 2.46. The maximum absolute atomic E-state index is 12.2. The van der Waals surface area contributed by atoms with Gasteiger partial charge in [0.1, 0.15) is 0 Å². The van der Waals surface area contributed by atoms with Gasteiger partial charge in [0.2, 0.25) is 0 Å². The van der Waals surface area contributed by atoms with Crippen molar-refractivity contribution in [1.82, 2.24) is 15.6 Å². The second-order valence-corrected chi connectivity index (χ2v) is 7.07. The molecule has 23 heavy (non-hydrogen) atoms. The van der Waals surface area contributed by atoms with Gasteiger partial charge in [0.05, 0.1) is 6.54 Å². The highest BCUT2D eigenvalue weighted by molar-refractivity contribution is 5.74. The van der Waals surface area contributed by atoms with Crippen molar-refractivity contribution < 1.29 is 4.79 Å². The zero-order valence-electron chi connectivity index (χ0n) is 14.7. The Labute approximate surface area is 138 Å². The summed E-state index contributed by atoms with van der Waals surface area (Å²) < 4.78 is 0. The Balaban J connectivity index is 1.94. The first-order chi connectivity index (χ1) is 10.9. The minimum absolute atomic E-state index is 0.125. The summed E-state index contributed by atoms with van der Waals surface area (Å²) in [5.41, 5.74) is 2.24. The van der Waals surface area contributed by atoms with Crippen LogP contribution in [-0.2, 0) is 6.54 Å². The van der Waals surface area contributed by atoms with Gasteiger partial charge in [0.25, 0.3) is 5.56 Å². The predicted molar refractivity (Wildman–Crippen MR) is 92.5 cm³/mol. The van der Waals surface area contributed by atoms with Crippen LogP contribution >= 0.6 is 0 Å². The van der Waals surface area contributed by atoms with Gasteiger partial charge in [-0.1, -0.05) is 26.7 Å². The summed E-state index contributed by atoms with van der Waals surface area (Å²) in [5, 5.41) is 5.95. The van der Waals surface area contributed by atoms with Crippen LogP contribution < -0.4 is 16.2 Å². The lowest BCUT2D eigenvalue weighted by atomic mass is 9.78. The van der Waals surface area contributed by atoms with Crippen molar-refractivity contribution in [3.63, 3.8) is 0 Å². The monoisotopic (exact) mass is 319 g/mol. The number of urea groups is 1. The maximum Gasteiger partial charge on any atom is 0.315 e. The second kappa shape index (κ2) is 7.66. The van der Waals surface area contributed by atoms with E-state index in [4.69, 9.17) is 0 Å². The van der Waals surface area contributed by atoms with Gasteiger partial charge in [-0.05, 0) is 50.2 Å². The van der Waals surface area contributed by atoms with Crippen molar-refractivity contribution in [3.8, 4) is 0 Å². The average molecular weight is 319 g/mol. The maximum atomic E-state index is 12.2. The molecule has 5 nitrogen and oxygen atoms in total. The van der Waals surface area contributed by atoms with Crippen LogP contribution in [0.2, 0.25) is 0 Å². The minimum Gasteiger partial charge on any atom is -0.335 e. The van der Waals surface area contributed by atoms with Gasteiger partial charge in [0, 0.05) is 17.3 Å². The quantitative estimate of drug-likeness (QED) is 0.798. The van der Waals surface area contributed by atoms with E-state index in [-0.39, 0.29) is 24.2 Å². The van der Waals surface area contributed by atoms with Crippen LogP contribution in [0, 0.1) is 25.7 Å². The van der Waals surface area contributed by atoms with Crippen LogP contribution in [0.3, 0.4) is 0 Å². The van der Waals surface area contributed by atoms with Crippen LogP contribution in [-0.4, -0.2) is 17.1 Å². The third-order valence-electron chi connectivity index (χ3n) is 4.91. The molecule has 1 aliphatic rings. The van der Waals surface area contributed by atoms with Gasteiger partial charge in [0.15, 0.2) is 0 Å². The van der Waals surface area contributed by atoms with Crippen LogP contribution in [0.15, 0.2) is 10.9 Å². The Morgan fingerprint density at radius 3 is 2.65 bits per heavy atom. The fraction of sp³-hybridized carbons (Fsp3) is 0.667. The first kappa shape index (κ1) is 17.6. The first-order valence-corrected chi connectivity index (χ1v) is 8.62. The number of hydrogen-bond acceptors (Lipinski definition) is 2. The molecule has 1 heterocycles. The molecule has 2 rings (SSSR count). The summed E-state index contributed by atoms with van der Waals surface area (Å²) in [5.74, 6) is 1.11. The van der Waals surface area contributed by atoms with E-state index in [9.17, 15) is 9.59 Å². The van der Waals surface area contributed by atoms with E-state index in [1.807, 2.05) is 19.9 Å². The Bertz CT molecular complexity index is 607. The molecule has 1 aliphatic carbocycles. The van der Waals surface area contributed by atoms with Crippen molar-refractivity contribution in [2.45, 2.75) is 66.0 Å². The van der Waals surface area contributed by atoms with Crippen molar-refractivity contribution >= 4 is 6.03 Å². The van der Waals surface area contributed by atoms with Gasteiger partial charge in [-0.15, -0.1) is 0 Å². The van der Waals surface area contributed by atoms with Crippen LogP contribution in [0.1, 0.15) is 56.4 Å². The predicted octanol–water partition coefficient (Wildman–Crippen LogP) is 3.01. The summed E-state index contributed by atoms with van der Waals surface area (Å²) in [6.07, 6.45) is 4.64. The lowest BCUT2D eigenvalue weighted by Crippen LogP contribution is -2.48. The standard InChI is InChI=1S/C18H29N3O2/c1-11(2)14-7-5-6-8-16(14)21-18(23)19-10-15-12(3)9-13(4)20-17(15)22/h9,11,14,16H,5-8,10H2,1-4H3,(H,20,22)(H2,19,21,23)/t14-,16-/m0/s1. The number of rotatable bonds is 4. The van der Waals surface area contributed by atoms with Crippen LogP contribution in [0.5, 0.6) is 0 Å². The largest absolute Gasteiger partial charge is 0.335 e. The number of hydrogen-bond donors (Lipinski definition) is 3. The van der Waals surface area contributed by atoms with Gasteiger partial charge in [-0.25, -0.2) is 4.79 Å². The van der Waals surface area contributed by atoms with Crippen LogP contribution in [0.4, 0.5) is 4.79 Å². The molecule has 5 heteroatoms. The molecular weight excluding hydrogens is 290 g/mol. The Kier molecular flexibility index (Phi) is 5.85. The molecule has 2 atom stereocenters. The van der Waals surface area contributed by atoms with Gasteiger partial charge in [-0.2, -0.15) is 0 Å². The summed E-state index contributed by atoms with van der Waals surface area (Å²) in [4.78, 5) is 27.0. The van der Waals surface area contributed by atoms with Gasteiger partial charge in [-0.3, -0.25) is 4.79 Å². The SMILES string of the molecule is Cc1cc(C)c(CNC(=O)N[C@H]2CCCC[C@H]2C(C)C)c(=O)[nH]1. The normalized spacial score (nSPS) is 21.3. The number of H-pyrrole nitrogens is 1. The summed E-state index contributed by atoms with van der Waals surface area (Å²) in [6.45, 7) is 8.45. The molecule has 0 unspecified atom stereocenters. The molecule has 2 amide bonds. The van der Waals surface area contributed by atoms with Crippen molar-refractivity contribution in [1.29, 1.82) is 0 Å². The number of amides is 2. The zero-order chi connectivity index (χ0) is 17.0. The van der Waals surface area contributed by atoms with E-state index in [0.29, 0.717) is 17.4 Å². The number of nitrogens with one attached hydrogen (secondary N) is 3. The van der Waals surface area contributed by atoms with E-state index in [1.165, 1.54) is 19.3 Å². The van der Waals surface area contributed by atoms with Crippen LogP contribution in [0.25, 0.3) is 0 Å². The molecule has 1 saturated carbocycles. The van der Waals surface area contributed by atoms with E-state index < -0.39 is 0 Å². The zero-order valence-corrected chi connectivity index (χ0v) is 14.7.